The minimum absolute atomic E-state index is 0. The third kappa shape index (κ3) is 4.47. The maximum absolute atomic E-state index is 12.9. The van der Waals surface area contributed by atoms with Crippen LogP contribution in [0.5, 0.6) is 0 Å². The molecular formula is C5H2F12NNaO4S2. The fourth-order valence-electron chi connectivity index (χ4n) is 0.774. The largest absolute Gasteiger partial charge is 1.00 e. The molecule has 0 atom stereocenters. The summed E-state index contributed by atoms with van der Waals surface area (Å²) in [5, 5.41) is -7.61. The van der Waals surface area contributed by atoms with E-state index >= 15 is 0 Å². The van der Waals surface area contributed by atoms with Crippen LogP contribution in [-0.2, 0) is 20.0 Å². The molecular weight excluding hydrogens is 453 g/mol. The van der Waals surface area contributed by atoms with Crippen LogP contribution in [0.4, 0.5) is 52.7 Å². The summed E-state index contributed by atoms with van der Waals surface area (Å²) in [6.07, 6.45) is -7.46. The van der Waals surface area contributed by atoms with E-state index in [1.807, 2.05) is 0 Å². The van der Waals surface area contributed by atoms with Gasteiger partial charge < -0.3 is 1.43 Å². The van der Waals surface area contributed by atoms with Crippen molar-refractivity contribution in [2.45, 2.75) is 28.8 Å². The van der Waals surface area contributed by atoms with Crippen LogP contribution in [0.15, 0.2) is 0 Å². The van der Waals surface area contributed by atoms with Gasteiger partial charge >= 0.3 is 68.4 Å². The summed E-state index contributed by atoms with van der Waals surface area (Å²) >= 11 is 0. The Labute approximate surface area is 153 Å². The van der Waals surface area contributed by atoms with E-state index in [9.17, 15) is 69.5 Å². The van der Waals surface area contributed by atoms with Crippen LogP contribution in [0.25, 0.3) is 0 Å². The molecule has 0 aromatic heterocycles. The number of hydrogen-bond donors (Lipinski definition) is 1. The standard InChI is InChI=1S/C5HF12NO4S2.Na.H/c6-1(7,3(10,11)12)2(8,9)4(13,14)23(19,20)18-24(21,22)5(15,16)17;;/h18H;;/q;+1;-1. The second-order valence-corrected chi connectivity index (χ2v) is 7.36. The quantitative estimate of drug-likeness (QED) is 0.440. The summed E-state index contributed by atoms with van der Waals surface area (Å²) in [5.41, 5.74) is -6.70. The number of alkyl halides is 12. The van der Waals surface area contributed by atoms with Gasteiger partial charge in [0.1, 0.15) is 0 Å². The molecule has 0 spiro atoms. The van der Waals surface area contributed by atoms with Crippen LogP contribution >= 0.6 is 0 Å². The molecule has 0 bridgehead atoms. The molecule has 0 aliphatic carbocycles. The molecule has 0 rings (SSSR count). The molecule has 20 heteroatoms. The van der Waals surface area contributed by atoms with Crippen LogP contribution in [0.3, 0.4) is 0 Å². The van der Waals surface area contributed by atoms with Gasteiger partial charge in [-0.05, 0) is 0 Å². The van der Waals surface area contributed by atoms with Crippen molar-refractivity contribution in [3.05, 3.63) is 0 Å². The molecule has 0 fully saturated rings. The van der Waals surface area contributed by atoms with Crippen molar-refractivity contribution in [3.8, 4) is 0 Å². The van der Waals surface area contributed by atoms with E-state index in [-0.39, 0.29) is 31.0 Å². The van der Waals surface area contributed by atoms with Gasteiger partial charge in [-0.1, -0.05) is 4.13 Å². The molecule has 0 saturated carbocycles. The van der Waals surface area contributed by atoms with Crippen LogP contribution < -0.4 is 33.7 Å². The summed E-state index contributed by atoms with van der Waals surface area (Å²) in [4.78, 5) is 0. The van der Waals surface area contributed by atoms with Crippen molar-refractivity contribution >= 4 is 20.0 Å². The summed E-state index contributed by atoms with van der Waals surface area (Å²) in [7, 11) is -15.3. The number of hydrogen-bond acceptors (Lipinski definition) is 4. The normalized spacial score (nSPS) is 15.7. The molecule has 0 aliphatic heterocycles. The summed E-state index contributed by atoms with van der Waals surface area (Å²) in [6, 6.07) is 0. The van der Waals surface area contributed by atoms with Gasteiger partial charge in [0.05, 0.1) is 0 Å². The monoisotopic (exact) mass is 455 g/mol. The Kier molecular flexibility index (Phi) is 7.49. The van der Waals surface area contributed by atoms with Crippen molar-refractivity contribution in [3.63, 3.8) is 0 Å². The van der Waals surface area contributed by atoms with Gasteiger partial charge in [-0.3, -0.25) is 0 Å². The zero-order valence-corrected chi connectivity index (χ0v) is 14.6. The van der Waals surface area contributed by atoms with Crippen molar-refractivity contribution in [1.82, 2.24) is 4.13 Å². The average Bonchev–Trinajstić information content (AvgIpc) is 2.23. The first-order valence-electron chi connectivity index (χ1n) is 4.50. The predicted molar refractivity (Wildman–Crippen MR) is 49.0 cm³/mol. The number of nitrogens with one attached hydrogen (secondary N) is 1. The summed E-state index contributed by atoms with van der Waals surface area (Å²) in [6.45, 7) is 0. The van der Waals surface area contributed by atoms with E-state index in [4.69, 9.17) is 0 Å². The van der Waals surface area contributed by atoms with Gasteiger partial charge in [-0.2, -0.15) is 52.7 Å². The molecule has 0 radical (unpaired) electrons. The first kappa shape index (κ1) is 27.2. The van der Waals surface area contributed by atoms with Gasteiger partial charge in [0.15, 0.2) is 0 Å². The third-order valence-corrected chi connectivity index (χ3v) is 5.27. The van der Waals surface area contributed by atoms with E-state index in [1.165, 1.54) is 0 Å². The fraction of sp³-hybridized carbons (Fsp3) is 1.00. The van der Waals surface area contributed by atoms with E-state index in [0.29, 0.717) is 0 Å². The molecule has 0 saturated heterocycles. The molecule has 0 aromatic carbocycles. The van der Waals surface area contributed by atoms with Crippen molar-refractivity contribution in [1.29, 1.82) is 0 Å². The Bertz CT molecular complexity index is 698. The Morgan fingerprint density at radius 2 is 0.920 bits per heavy atom. The Hall–Kier alpha value is 0.0200. The van der Waals surface area contributed by atoms with Crippen molar-refractivity contribution in [2.75, 3.05) is 0 Å². The van der Waals surface area contributed by atoms with Gasteiger partial charge in [0.25, 0.3) is 10.0 Å². The van der Waals surface area contributed by atoms with Gasteiger partial charge in [-0.25, -0.2) is 16.8 Å². The minimum Gasteiger partial charge on any atom is -1.00 e. The SMILES string of the molecule is O=S(=O)(NS(=O)(=O)C(F)(F)C(F)(F)C(F)(F)C(F)(F)F)C(F)(F)F.[H-].[Na+]. The van der Waals surface area contributed by atoms with Crippen molar-refractivity contribution in [2.24, 2.45) is 0 Å². The second-order valence-electron chi connectivity index (χ2n) is 3.70. The van der Waals surface area contributed by atoms with E-state index in [1.54, 1.807) is 0 Å². The number of rotatable bonds is 5. The molecule has 0 heterocycles. The number of sulfonamides is 2. The van der Waals surface area contributed by atoms with Gasteiger partial charge in [-0.15, -0.1) is 0 Å². The first-order valence-corrected chi connectivity index (χ1v) is 7.47. The smallest absolute Gasteiger partial charge is 1.00 e. The maximum atomic E-state index is 12.9. The fourth-order valence-corrected chi connectivity index (χ4v) is 3.19. The minimum atomic E-state index is -7.92. The van der Waals surface area contributed by atoms with Crippen molar-refractivity contribution < 1.29 is 101 Å². The molecule has 0 unspecified atom stereocenters. The van der Waals surface area contributed by atoms with Crippen LogP contribution in [0.2, 0.25) is 0 Å². The molecule has 25 heavy (non-hydrogen) atoms. The number of halogens is 12. The van der Waals surface area contributed by atoms with E-state index in [2.05, 4.69) is 0 Å². The predicted octanol–water partition coefficient (Wildman–Crippen LogP) is -0.702. The average molecular weight is 455 g/mol. The van der Waals surface area contributed by atoms with Crippen LogP contribution in [-0.4, -0.2) is 45.6 Å². The topological polar surface area (TPSA) is 80.3 Å². The summed E-state index contributed by atoms with van der Waals surface area (Å²) in [5.74, 6) is -15.6. The Morgan fingerprint density at radius 1 is 0.600 bits per heavy atom. The van der Waals surface area contributed by atoms with Crippen LogP contribution in [0, 0.1) is 0 Å². The maximum Gasteiger partial charge on any atom is 1.00 e. The Morgan fingerprint density at radius 3 is 1.16 bits per heavy atom. The zero-order valence-electron chi connectivity index (χ0n) is 12.0. The molecule has 0 aliphatic rings. The zero-order chi connectivity index (χ0) is 20.2. The molecule has 148 valence electrons. The second kappa shape index (κ2) is 6.88. The molecule has 0 amide bonds. The molecule has 1 N–H and O–H groups in total. The third-order valence-electron chi connectivity index (χ3n) is 1.98. The van der Waals surface area contributed by atoms with Gasteiger partial charge in [0.2, 0.25) is 0 Å². The van der Waals surface area contributed by atoms with E-state index in [0.717, 1.165) is 0 Å². The first-order chi connectivity index (χ1) is 9.96. The molecule has 5 nitrogen and oxygen atoms in total. The molecule has 0 aromatic rings. The Balaban J connectivity index is -0.00000264. The van der Waals surface area contributed by atoms with E-state index < -0.39 is 53.0 Å². The van der Waals surface area contributed by atoms with Gasteiger partial charge in [0, 0.05) is 0 Å². The summed E-state index contributed by atoms with van der Waals surface area (Å²) < 4.78 is 187. The van der Waals surface area contributed by atoms with Crippen LogP contribution in [0.1, 0.15) is 1.43 Å².